The van der Waals surface area contributed by atoms with Gasteiger partial charge in [-0.05, 0) is 34.1 Å². The Morgan fingerprint density at radius 3 is 2.56 bits per heavy atom. The molecule has 0 atom stereocenters. The zero-order chi connectivity index (χ0) is 12.9. The van der Waals surface area contributed by atoms with Crippen LogP contribution in [-0.2, 0) is 0 Å². The summed E-state index contributed by atoms with van der Waals surface area (Å²) in [4.78, 5) is 11.0. The van der Waals surface area contributed by atoms with Crippen molar-refractivity contribution in [3.8, 4) is 5.75 Å². The molecule has 5 nitrogen and oxygen atoms in total. The molecule has 0 radical (unpaired) electrons. The maximum absolute atomic E-state index is 11.0. The van der Waals surface area contributed by atoms with E-state index in [1.165, 1.54) is 0 Å². The van der Waals surface area contributed by atoms with Gasteiger partial charge in [-0.2, -0.15) is 5.10 Å². The Labute approximate surface area is 109 Å². The van der Waals surface area contributed by atoms with Crippen molar-refractivity contribution < 1.29 is 15.0 Å². The highest BCUT2D eigenvalue weighted by Crippen LogP contribution is 2.35. The Balaban J connectivity index is 2.48. The fourth-order valence-electron chi connectivity index (χ4n) is 2.00. The van der Waals surface area contributed by atoms with Crippen LogP contribution < -0.4 is 0 Å². The summed E-state index contributed by atoms with van der Waals surface area (Å²) in [7, 11) is 0. The number of phenols is 1. The first-order chi connectivity index (χ1) is 8.59. The second kappa shape index (κ2) is 3.71. The maximum Gasteiger partial charge on any atom is 0.354 e. The highest BCUT2D eigenvalue weighted by Gasteiger charge is 2.15. The van der Waals surface area contributed by atoms with Gasteiger partial charge in [-0.15, -0.1) is 0 Å². The Bertz CT molecular complexity index is 795. The van der Waals surface area contributed by atoms with Gasteiger partial charge in [-0.25, -0.2) is 4.79 Å². The van der Waals surface area contributed by atoms with E-state index in [2.05, 4.69) is 26.1 Å². The van der Waals surface area contributed by atoms with Gasteiger partial charge < -0.3 is 10.2 Å². The second-order valence-electron chi connectivity index (χ2n) is 3.86. The molecule has 3 aromatic rings. The molecule has 0 aliphatic heterocycles. The van der Waals surface area contributed by atoms with E-state index in [-0.39, 0.29) is 11.4 Å². The number of carbonyl (C=O) groups is 1. The number of benzene rings is 2. The van der Waals surface area contributed by atoms with Crippen molar-refractivity contribution >= 4 is 43.6 Å². The third-order valence-corrected chi connectivity index (χ3v) is 3.68. The van der Waals surface area contributed by atoms with E-state index in [0.29, 0.717) is 15.4 Å². The molecule has 0 amide bonds. The van der Waals surface area contributed by atoms with Crippen LogP contribution in [-0.4, -0.2) is 26.4 Å². The van der Waals surface area contributed by atoms with Gasteiger partial charge in [-0.1, -0.05) is 6.07 Å². The van der Waals surface area contributed by atoms with Gasteiger partial charge in [0.15, 0.2) is 5.69 Å². The van der Waals surface area contributed by atoms with Crippen LogP contribution in [0.3, 0.4) is 0 Å². The fourth-order valence-corrected chi connectivity index (χ4v) is 2.48. The van der Waals surface area contributed by atoms with Crippen LogP contribution in [0.4, 0.5) is 0 Å². The Morgan fingerprint density at radius 2 is 1.83 bits per heavy atom. The summed E-state index contributed by atoms with van der Waals surface area (Å²) >= 11 is 3.30. The second-order valence-corrected chi connectivity index (χ2v) is 4.65. The molecule has 90 valence electrons. The number of rotatable bonds is 1. The van der Waals surface area contributed by atoms with E-state index < -0.39 is 5.97 Å². The highest BCUT2D eigenvalue weighted by molar-refractivity contribution is 9.10. The van der Waals surface area contributed by atoms with Gasteiger partial charge in [0.1, 0.15) is 11.3 Å². The molecule has 0 aliphatic rings. The lowest BCUT2D eigenvalue weighted by atomic mass is 10.1. The number of phenolic OH excluding ortho intramolecular Hbond substituents is 1. The SMILES string of the molecule is O=C(O)c1[nH]nc2c1ccc1c(Br)c(O)ccc12. The minimum absolute atomic E-state index is 0.0658. The fraction of sp³-hybridized carbons (Fsp3) is 0. The quantitative estimate of drug-likeness (QED) is 0.645. The molecular formula is C12H7BrN2O3. The van der Waals surface area contributed by atoms with Crippen molar-refractivity contribution in [2.45, 2.75) is 0 Å². The predicted molar refractivity (Wildman–Crippen MR) is 69.9 cm³/mol. The van der Waals surface area contributed by atoms with Crippen LogP contribution in [0.25, 0.3) is 21.7 Å². The van der Waals surface area contributed by atoms with Gasteiger partial charge >= 0.3 is 5.97 Å². The molecule has 0 fully saturated rings. The third-order valence-electron chi connectivity index (χ3n) is 2.85. The zero-order valence-corrected chi connectivity index (χ0v) is 10.5. The Hall–Kier alpha value is -2.08. The monoisotopic (exact) mass is 306 g/mol. The van der Waals surface area contributed by atoms with E-state index >= 15 is 0 Å². The Kier molecular flexibility index (Phi) is 2.27. The molecule has 0 spiro atoms. The number of halogens is 1. The lowest BCUT2D eigenvalue weighted by molar-refractivity contribution is 0.0692. The van der Waals surface area contributed by atoms with E-state index in [9.17, 15) is 9.90 Å². The minimum atomic E-state index is -1.05. The van der Waals surface area contributed by atoms with Crippen LogP contribution >= 0.6 is 15.9 Å². The van der Waals surface area contributed by atoms with Gasteiger partial charge in [-0.3, -0.25) is 5.10 Å². The predicted octanol–water partition coefficient (Wildman–Crippen LogP) is 2.88. The van der Waals surface area contributed by atoms with Crippen molar-refractivity contribution in [3.05, 3.63) is 34.4 Å². The molecule has 3 N–H and O–H groups in total. The summed E-state index contributed by atoms with van der Waals surface area (Å²) in [6.45, 7) is 0. The third kappa shape index (κ3) is 1.39. The molecular weight excluding hydrogens is 300 g/mol. The van der Waals surface area contributed by atoms with Crippen molar-refractivity contribution in [3.63, 3.8) is 0 Å². The zero-order valence-electron chi connectivity index (χ0n) is 8.94. The first-order valence-electron chi connectivity index (χ1n) is 5.11. The van der Waals surface area contributed by atoms with Crippen molar-refractivity contribution in [2.75, 3.05) is 0 Å². The number of hydrogen-bond donors (Lipinski definition) is 3. The number of aromatic amines is 1. The number of nitrogens with zero attached hydrogens (tertiary/aromatic N) is 1. The van der Waals surface area contributed by atoms with Crippen molar-refractivity contribution in [1.29, 1.82) is 0 Å². The number of carboxylic acids is 1. The van der Waals surface area contributed by atoms with Crippen LogP contribution in [0.5, 0.6) is 5.75 Å². The van der Waals surface area contributed by atoms with Gasteiger partial charge in [0.2, 0.25) is 0 Å². The number of aromatic nitrogens is 2. The van der Waals surface area contributed by atoms with E-state index in [0.717, 1.165) is 10.8 Å². The molecule has 0 saturated carbocycles. The summed E-state index contributed by atoms with van der Waals surface area (Å²) < 4.78 is 0.571. The number of carboxylic acid groups (broad SMARTS) is 1. The smallest absolute Gasteiger partial charge is 0.354 e. The molecule has 0 saturated heterocycles. The van der Waals surface area contributed by atoms with E-state index in [1.54, 1.807) is 24.3 Å². The molecule has 1 aromatic heterocycles. The highest BCUT2D eigenvalue weighted by atomic mass is 79.9. The minimum Gasteiger partial charge on any atom is -0.507 e. The lowest BCUT2D eigenvalue weighted by Gasteiger charge is -2.03. The van der Waals surface area contributed by atoms with Crippen molar-refractivity contribution in [1.82, 2.24) is 10.2 Å². The van der Waals surface area contributed by atoms with E-state index in [4.69, 9.17) is 5.11 Å². The standard InChI is InChI=1S/C12H7BrN2O3/c13-9-5-1-2-7-10(6(5)3-4-8(9)16)14-15-11(7)12(17)18/h1-4,16H,(H,14,15)(H,17,18). The Morgan fingerprint density at radius 1 is 1.17 bits per heavy atom. The first kappa shape index (κ1) is 11.0. The van der Waals surface area contributed by atoms with Crippen LogP contribution in [0.15, 0.2) is 28.7 Å². The topological polar surface area (TPSA) is 86.2 Å². The number of nitrogens with one attached hydrogen (secondary N) is 1. The lowest BCUT2D eigenvalue weighted by Crippen LogP contribution is -1.96. The summed E-state index contributed by atoms with van der Waals surface area (Å²) in [5, 5.41) is 27.3. The van der Waals surface area contributed by atoms with Crippen LogP contribution in [0.2, 0.25) is 0 Å². The number of hydrogen-bond acceptors (Lipinski definition) is 3. The van der Waals surface area contributed by atoms with Gasteiger partial charge in [0, 0.05) is 16.2 Å². The largest absolute Gasteiger partial charge is 0.507 e. The average molecular weight is 307 g/mol. The van der Waals surface area contributed by atoms with Crippen LogP contribution in [0.1, 0.15) is 10.5 Å². The summed E-state index contributed by atoms with van der Waals surface area (Å²) in [5.74, 6) is -0.912. The maximum atomic E-state index is 11.0. The molecule has 0 unspecified atom stereocenters. The molecule has 18 heavy (non-hydrogen) atoms. The van der Waals surface area contributed by atoms with Crippen LogP contribution in [0, 0.1) is 0 Å². The average Bonchev–Trinajstić information content (AvgIpc) is 2.77. The number of aromatic hydroxyl groups is 1. The number of H-pyrrole nitrogens is 1. The number of aromatic carboxylic acids is 1. The van der Waals surface area contributed by atoms with Gasteiger partial charge in [0.05, 0.1) is 4.47 Å². The van der Waals surface area contributed by atoms with E-state index in [1.807, 2.05) is 0 Å². The molecule has 0 aliphatic carbocycles. The summed E-state index contributed by atoms with van der Waals surface area (Å²) in [6, 6.07) is 6.68. The summed E-state index contributed by atoms with van der Waals surface area (Å²) in [6.07, 6.45) is 0. The molecule has 3 rings (SSSR count). The number of fused-ring (bicyclic) bond motifs is 3. The van der Waals surface area contributed by atoms with Crippen molar-refractivity contribution in [2.24, 2.45) is 0 Å². The summed E-state index contributed by atoms with van der Waals surface area (Å²) in [5.41, 5.74) is 0.640. The molecule has 0 bridgehead atoms. The first-order valence-corrected chi connectivity index (χ1v) is 5.90. The molecule has 6 heteroatoms. The molecule has 1 heterocycles. The van der Waals surface area contributed by atoms with Gasteiger partial charge in [0.25, 0.3) is 0 Å². The normalized spacial score (nSPS) is 11.2. The molecule has 2 aromatic carbocycles.